The van der Waals surface area contributed by atoms with E-state index >= 15 is 0 Å². The summed E-state index contributed by atoms with van der Waals surface area (Å²) < 4.78 is 37.6. The van der Waals surface area contributed by atoms with Gasteiger partial charge in [0.1, 0.15) is 4.90 Å². The zero-order valence-corrected chi connectivity index (χ0v) is 18.6. The van der Waals surface area contributed by atoms with Gasteiger partial charge in [-0.15, -0.1) is 0 Å². The van der Waals surface area contributed by atoms with Crippen LogP contribution in [-0.4, -0.2) is 76.6 Å². The normalized spacial score (nSPS) is 15.8. The number of nitrogens with zero attached hydrogens (tertiary/aromatic N) is 2. The molecule has 158 valence electrons. The van der Waals surface area contributed by atoms with Gasteiger partial charge < -0.3 is 14.4 Å². The van der Waals surface area contributed by atoms with Crippen LogP contribution < -0.4 is 0 Å². The van der Waals surface area contributed by atoms with Crippen LogP contribution in [0.4, 0.5) is 0 Å². The first kappa shape index (κ1) is 23.4. The quantitative estimate of drug-likeness (QED) is 0.605. The average Bonchev–Trinajstić information content (AvgIpc) is 2.65. The lowest BCUT2D eigenvalue weighted by Gasteiger charge is -2.27. The van der Waals surface area contributed by atoms with Crippen LogP contribution in [0.1, 0.15) is 24.2 Å². The lowest BCUT2D eigenvalue weighted by molar-refractivity contribution is 0.0672. The maximum atomic E-state index is 13.1. The number of rotatable bonds is 8. The maximum absolute atomic E-state index is 13.1. The molecule has 1 aromatic rings. The third-order valence-corrected chi connectivity index (χ3v) is 6.95. The Morgan fingerprint density at radius 3 is 2.46 bits per heavy atom. The van der Waals surface area contributed by atoms with Crippen LogP contribution in [0.2, 0.25) is 10.0 Å². The van der Waals surface area contributed by atoms with Crippen LogP contribution >= 0.6 is 23.2 Å². The van der Waals surface area contributed by atoms with Crippen LogP contribution in [-0.2, 0) is 19.5 Å². The van der Waals surface area contributed by atoms with E-state index < -0.39 is 10.0 Å². The molecule has 0 bridgehead atoms. The number of hydrogen-bond donors (Lipinski definition) is 0. The summed E-state index contributed by atoms with van der Waals surface area (Å²) in [6.45, 7) is 6.31. The average molecular weight is 453 g/mol. The smallest absolute Gasteiger partial charge is 0.255 e. The highest BCUT2D eigenvalue weighted by Gasteiger charge is 2.31. The number of methoxy groups -OCH3 is 1. The molecule has 28 heavy (non-hydrogen) atoms. The van der Waals surface area contributed by atoms with Gasteiger partial charge in [-0.25, -0.2) is 8.42 Å². The van der Waals surface area contributed by atoms with Crippen molar-refractivity contribution in [1.82, 2.24) is 9.21 Å². The molecule has 1 heterocycles. The van der Waals surface area contributed by atoms with Gasteiger partial charge in [0, 0.05) is 33.3 Å². The highest BCUT2D eigenvalue weighted by Crippen LogP contribution is 2.31. The molecule has 1 fully saturated rings. The standard InChI is InChI=1S/C18H26Cl2N2O5S/c1-13(2)12-21(4-7-26-3)18(23)14-10-17(16(20)11-15(14)19)28(24,25)22-5-8-27-9-6-22/h10-11,13H,4-9,12H2,1-3H3. The fourth-order valence-electron chi connectivity index (χ4n) is 2.91. The van der Waals surface area contributed by atoms with Gasteiger partial charge >= 0.3 is 0 Å². The van der Waals surface area contributed by atoms with Gasteiger partial charge in [-0.05, 0) is 18.1 Å². The van der Waals surface area contributed by atoms with Gasteiger partial charge in [0.05, 0.1) is 35.4 Å². The molecule has 0 N–H and O–H groups in total. The summed E-state index contributed by atoms with van der Waals surface area (Å²) in [5.41, 5.74) is 0.106. The molecule has 1 aliphatic heterocycles. The molecule has 0 unspecified atom stereocenters. The van der Waals surface area contributed by atoms with Crippen molar-refractivity contribution < 1.29 is 22.7 Å². The Kier molecular flexibility index (Phi) is 8.54. The summed E-state index contributed by atoms with van der Waals surface area (Å²) >= 11 is 12.4. The zero-order chi connectivity index (χ0) is 20.9. The monoisotopic (exact) mass is 452 g/mol. The molecular formula is C18H26Cl2N2O5S. The van der Waals surface area contributed by atoms with E-state index in [1.54, 1.807) is 12.0 Å². The first-order valence-corrected chi connectivity index (χ1v) is 11.2. The lowest BCUT2D eigenvalue weighted by Crippen LogP contribution is -2.41. The minimum atomic E-state index is -3.86. The first-order valence-electron chi connectivity index (χ1n) is 9.03. The van der Waals surface area contributed by atoms with Gasteiger partial charge in [0.2, 0.25) is 10.0 Å². The molecule has 10 heteroatoms. The molecule has 1 saturated heterocycles. The summed E-state index contributed by atoms with van der Waals surface area (Å²) in [7, 11) is -2.31. The van der Waals surface area contributed by atoms with Crippen molar-refractivity contribution in [2.24, 2.45) is 5.92 Å². The van der Waals surface area contributed by atoms with E-state index in [-0.39, 0.29) is 45.4 Å². The number of morpholine rings is 1. The molecule has 0 saturated carbocycles. The van der Waals surface area contributed by atoms with Gasteiger partial charge in [-0.1, -0.05) is 37.0 Å². The minimum Gasteiger partial charge on any atom is -0.383 e. The third-order valence-electron chi connectivity index (χ3n) is 4.28. The second kappa shape index (κ2) is 10.2. The van der Waals surface area contributed by atoms with Crippen LogP contribution in [0.25, 0.3) is 0 Å². The van der Waals surface area contributed by atoms with E-state index in [1.165, 1.54) is 16.4 Å². The number of halogens is 2. The van der Waals surface area contributed by atoms with Gasteiger partial charge in [0.25, 0.3) is 5.91 Å². The number of carbonyl (C=O) groups is 1. The van der Waals surface area contributed by atoms with Crippen molar-refractivity contribution in [3.8, 4) is 0 Å². The molecular weight excluding hydrogens is 427 g/mol. The minimum absolute atomic E-state index is 0.0136. The van der Waals surface area contributed by atoms with Crippen molar-refractivity contribution in [1.29, 1.82) is 0 Å². The Morgan fingerprint density at radius 1 is 1.25 bits per heavy atom. The van der Waals surface area contributed by atoms with Crippen molar-refractivity contribution in [3.05, 3.63) is 27.7 Å². The summed E-state index contributed by atoms with van der Waals surface area (Å²) in [6.07, 6.45) is 0. The van der Waals surface area contributed by atoms with Crippen molar-refractivity contribution >= 4 is 39.1 Å². The fraction of sp³-hybridized carbons (Fsp3) is 0.611. The maximum Gasteiger partial charge on any atom is 0.255 e. The Hall–Kier alpha value is -0.900. The number of amides is 1. The molecule has 0 spiro atoms. The highest BCUT2D eigenvalue weighted by molar-refractivity contribution is 7.89. The van der Waals surface area contributed by atoms with Crippen molar-refractivity contribution in [2.75, 3.05) is 53.1 Å². The molecule has 7 nitrogen and oxygen atoms in total. The van der Waals surface area contributed by atoms with E-state index in [9.17, 15) is 13.2 Å². The first-order chi connectivity index (χ1) is 13.2. The molecule has 1 aromatic carbocycles. The topological polar surface area (TPSA) is 76.2 Å². The molecule has 0 radical (unpaired) electrons. The molecule has 0 atom stereocenters. The number of sulfonamides is 1. The SMILES string of the molecule is COCCN(CC(C)C)C(=O)c1cc(S(=O)(=O)N2CCOCC2)c(Cl)cc1Cl. The Balaban J connectivity index is 2.41. The van der Waals surface area contributed by atoms with Crippen molar-refractivity contribution in [2.45, 2.75) is 18.7 Å². The Morgan fingerprint density at radius 2 is 1.89 bits per heavy atom. The summed E-state index contributed by atoms with van der Waals surface area (Å²) in [5.74, 6) is -0.130. The summed E-state index contributed by atoms with van der Waals surface area (Å²) in [5, 5.41) is 0.0995. The lowest BCUT2D eigenvalue weighted by atomic mass is 10.1. The molecule has 1 aliphatic rings. The number of hydrogen-bond acceptors (Lipinski definition) is 5. The van der Waals surface area contributed by atoms with Crippen LogP contribution in [0.15, 0.2) is 17.0 Å². The second-order valence-electron chi connectivity index (χ2n) is 6.92. The van der Waals surface area contributed by atoms with Gasteiger partial charge in [-0.2, -0.15) is 4.31 Å². The predicted octanol–water partition coefficient (Wildman–Crippen LogP) is 2.76. The van der Waals surface area contributed by atoms with E-state index in [1.807, 2.05) is 13.8 Å². The van der Waals surface area contributed by atoms with Crippen LogP contribution in [0, 0.1) is 5.92 Å². The van der Waals surface area contributed by atoms with E-state index in [4.69, 9.17) is 32.7 Å². The second-order valence-corrected chi connectivity index (χ2v) is 9.64. The largest absolute Gasteiger partial charge is 0.383 e. The molecule has 0 aromatic heterocycles. The number of benzene rings is 1. The molecule has 2 rings (SSSR count). The van der Waals surface area contributed by atoms with E-state index in [0.717, 1.165) is 0 Å². The number of ether oxygens (including phenoxy) is 2. The van der Waals surface area contributed by atoms with Crippen LogP contribution in [0.3, 0.4) is 0 Å². The van der Waals surface area contributed by atoms with E-state index in [0.29, 0.717) is 32.9 Å². The fourth-order valence-corrected chi connectivity index (χ4v) is 5.14. The van der Waals surface area contributed by atoms with Crippen molar-refractivity contribution in [3.63, 3.8) is 0 Å². The van der Waals surface area contributed by atoms with Gasteiger partial charge in [0.15, 0.2) is 0 Å². The summed E-state index contributed by atoms with van der Waals surface area (Å²) in [4.78, 5) is 14.6. The highest BCUT2D eigenvalue weighted by atomic mass is 35.5. The van der Waals surface area contributed by atoms with Crippen LogP contribution in [0.5, 0.6) is 0 Å². The van der Waals surface area contributed by atoms with E-state index in [2.05, 4.69) is 0 Å². The Labute approximate surface area is 176 Å². The van der Waals surface area contributed by atoms with Gasteiger partial charge in [-0.3, -0.25) is 4.79 Å². The number of carbonyl (C=O) groups excluding carboxylic acids is 1. The summed E-state index contributed by atoms with van der Waals surface area (Å²) in [6, 6.07) is 2.59. The zero-order valence-electron chi connectivity index (χ0n) is 16.3. The third kappa shape index (κ3) is 5.58. The Bertz CT molecular complexity index is 795. The molecule has 1 amide bonds. The predicted molar refractivity (Wildman–Crippen MR) is 109 cm³/mol. The molecule has 0 aliphatic carbocycles.